The van der Waals surface area contributed by atoms with Crippen molar-refractivity contribution < 1.29 is 18.4 Å². The first-order valence-electron chi connectivity index (χ1n) is 6.68. The number of alkyl halides is 2. The Balaban J connectivity index is 1.75. The summed E-state index contributed by atoms with van der Waals surface area (Å²) in [6.45, 7) is -0.239. The van der Waals surface area contributed by atoms with Gasteiger partial charge in [0.2, 0.25) is 0 Å². The molecule has 120 valence electrons. The van der Waals surface area contributed by atoms with Crippen LogP contribution in [0.15, 0.2) is 64.6 Å². The molecule has 1 amide bonds. The second-order valence-electron chi connectivity index (χ2n) is 4.37. The summed E-state index contributed by atoms with van der Waals surface area (Å²) in [5, 5.41) is 6.28. The van der Waals surface area contributed by atoms with E-state index in [0.717, 1.165) is 5.56 Å². The van der Waals surface area contributed by atoms with Crippen LogP contribution in [0.2, 0.25) is 0 Å². The molecule has 0 saturated heterocycles. The van der Waals surface area contributed by atoms with Gasteiger partial charge >= 0.3 is 0 Å². The molecular weight excluding hydrogens is 322 g/mol. The smallest absolute Gasteiger partial charge is 0.288 e. The SMILES string of the molecule is O=C(CO/N=C\c1ccccc1)Nc1ccc(SC(F)F)cc1. The molecule has 2 aromatic carbocycles. The van der Waals surface area contributed by atoms with E-state index in [-0.39, 0.29) is 12.5 Å². The molecule has 0 heterocycles. The van der Waals surface area contributed by atoms with Crippen LogP contribution in [0, 0.1) is 0 Å². The lowest BCUT2D eigenvalue weighted by Gasteiger charge is -2.05. The normalized spacial score (nSPS) is 10.9. The molecule has 0 aliphatic rings. The van der Waals surface area contributed by atoms with Crippen LogP contribution in [0.1, 0.15) is 5.56 Å². The van der Waals surface area contributed by atoms with Crippen molar-refractivity contribution >= 4 is 29.6 Å². The van der Waals surface area contributed by atoms with E-state index < -0.39 is 5.76 Å². The first kappa shape index (κ1) is 17.0. The number of anilines is 1. The Hall–Kier alpha value is -2.41. The Kier molecular flexibility index (Phi) is 6.56. The molecule has 0 radical (unpaired) electrons. The lowest BCUT2D eigenvalue weighted by atomic mass is 10.2. The predicted octanol–water partition coefficient (Wildman–Crippen LogP) is 3.99. The van der Waals surface area contributed by atoms with Crippen LogP contribution >= 0.6 is 11.8 Å². The highest BCUT2D eigenvalue weighted by Gasteiger charge is 2.06. The molecule has 0 bridgehead atoms. The zero-order chi connectivity index (χ0) is 16.5. The third-order valence-corrected chi connectivity index (χ3v) is 3.36. The minimum absolute atomic E-state index is 0.239. The van der Waals surface area contributed by atoms with Crippen molar-refractivity contribution in [3.63, 3.8) is 0 Å². The molecule has 2 rings (SSSR count). The number of hydrogen-bond acceptors (Lipinski definition) is 4. The van der Waals surface area contributed by atoms with E-state index >= 15 is 0 Å². The molecule has 0 aliphatic carbocycles. The van der Waals surface area contributed by atoms with E-state index in [0.29, 0.717) is 22.3 Å². The Bertz CT molecular complexity index is 649. The van der Waals surface area contributed by atoms with Gasteiger partial charge in [0.05, 0.1) is 6.21 Å². The highest BCUT2D eigenvalue weighted by atomic mass is 32.2. The summed E-state index contributed by atoms with van der Waals surface area (Å²) in [6, 6.07) is 15.5. The summed E-state index contributed by atoms with van der Waals surface area (Å²) in [5.41, 5.74) is 1.37. The van der Waals surface area contributed by atoms with Gasteiger partial charge < -0.3 is 10.2 Å². The van der Waals surface area contributed by atoms with E-state index in [2.05, 4.69) is 10.5 Å². The summed E-state index contributed by atoms with van der Waals surface area (Å²) in [7, 11) is 0. The van der Waals surface area contributed by atoms with Crippen molar-refractivity contribution in [2.75, 3.05) is 11.9 Å². The summed E-state index contributed by atoms with van der Waals surface area (Å²) in [5.74, 6) is -2.85. The van der Waals surface area contributed by atoms with Crippen molar-refractivity contribution in [3.8, 4) is 0 Å². The third kappa shape index (κ3) is 6.48. The number of benzene rings is 2. The Morgan fingerprint density at radius 1 is 1.17 bits per heavy atom. The fraction of sp³-hybridized carbons (Fsp3) is 0.125. The second kappa shape index (κ2) is 8.89. The van der Waals surface area contributed by atoms with Crippen LogP contribution in [0.5, 0.6) is 0 Å². The number of nitrogens with one attached hydrogen (secondary N) is 1. The molecule has 7 heteroatoms. The molecule has 4 nitrogen and oxygen atoms in total. The molecular formula is C16H14F2N2O2S. The average molecular weight is 336 g/mol. The number of hydrogen-bond donors (Lipinski definition) is 1. The van der Waals surface area contributed by atoms with E-state index in [1.54, 1.807) is 12.1 Å². The van der Waals surface area contributed by atoms with E-state index in [1.807, 2.05) is 30.3 Å². The van der Waals surface area contributed by atoms with Gasteiger partial charge in [0.15, 0.2) is 6.61 Å². The van der Waals surface area contributed by atoms with Crippen LogP contribution in [-0.2, 0) is 9.63 Å². The number of carbonyl (C=O) groups is 1. The van der Waals surface area contributed by atoms with E-state index in [4.69, 9.17) is 4.84 Å². The fourth-order valence-corrected chi connectivity index (χ4v) is 2.15. The standard InChI is InChI=1S/C16H14F2N2O2S/c17-16(18)23-14-8-6-13(7-9-14)20-15(21)11-22-19-10-12-4-2-1-3-5-12/h1-10,16H,11H2,(H,20,21)/b19-10-. The zero-order valence-electron chi connectivity index (χ0n) is 12.0. The van der Waals surface area contributed by atoms with Crippen LogP contribution in [0.25, 0.3) is 0 Å². The van der Waals surface area contributed by atoms with Gasteiger partial charge in [-0.2, -0.15) is 8.78 Å². The van der Waals surface area contributed by atoms with Gasteiger partial charge in [-0.25, -0.2) is 0 Å². The summed E-state index contributed by atoms with van der Waals surface area (Å²) >= 11 is 0.451. The second-order valence-corrected chi connectivity index (χ2v) is 5.43. The third-order valence-electron chi connectivity index (χ3n) is 2.63. The number of oxime groups is 1. The number of rotatable bonds is 7. The number of carbonyl (C=O) groups excluding carboxylic acids is 1. The van der Waals surface area contributed by atoms with Gasteiger partial charge in [-0.15, -0.1) is 0 Å². The number of amides is 1. The van der Waals surface area contributed by atoms with Gasteiger partial charge in [0, 0.05) is 10.6 Å². The molecule has 1 N–H and O–H groups in total. The minimum Gasteiger partial charge on any atom is -0.386 e. The van der Waals surface area contributed by atoms with Gasteiger partial charge in [-0.1, -0.05) is 47.2 Å². The molecule has 0 fully saturated rings. The Morgan fingerprint density at radius 3 is 2.52 bits per heavy atom. The number of halogens is 2. The van der Waals surface area contributed by atoms with Gasteiger partial charge in [-0.3, -0.25) is 4.79 Å². The summed E-state index contributed by atoms with van der Waals surface area (Å²) < 4.78 is 24.4. The monoisotopic (exact) mass is 336 g/mol. The maximum absolute atomic E-state index is 12.2. The largest absolute Gasteiger partial charge is 0.386 e. The lowest BCUT2D eigenvalue weighted by molar-refractivity contribution is -0.120. The maximum Gasteiger partial charge on any atom is 0.288 e. The van der Waals surface area contributed by atoms with Gasteiger partial charge in [0.25, 0.3) is 11.7 Å². The molecule has 2 aromatic rings. The molecule has 0 aromatic heterocycles. The van der Waals surface area contributed by atoms with Gasteiger partial charge in [-0.05, 0) is 29.8 Å². The first-order chi connectivity index (χ1) is 11.1. The highest BCUT2D eigenvalue weighted by Crippen LogP contribution is 2.26. The number of thioether (sulfide) groups is 1. The molecule has 0 saturated carbocycles. The summed E-state index contributed by atoms with van der Waals surface area (Å²) in [6.07, 6.45) is 1.50. The van der Waals surface area contributed by atoms with Gasteiger partial charge in [0.1, 0.15) is 0 Å². The van der Waals surface area contributed by atoms with E-state index in [9.17, 15) is 13.6 Å². The van der Waals surface area contributed by atoms with Crippen molar-refractivity contribution in [1.29, 1.82) is 0 Å². The van der Waals surface area contributed by atoms with Crippen LogP contribution in [0.4, 0.5) is 14.5 Å². The van der Waals surface area contributed by atoms with Crippen LogP contribution in [-0.4, -0.2) is 24.5 Å². The molecule has 0 spiro atoms. The van der Waals surface area contributed by atoms with Crippen molar-refractivity contribution in [2.45, 2.75) is 10.7 Å². The molecule has 0 atom stereocenters. The highest BCUT2D eigenvalue weighted by molar-refractivity contribution is 7.99. The first-order valence-corrected chi connectivity index (χ1v) is 7.56. The van der Waals surface area contributed by atoms with Crippen LogP contribution < -0.4 is 5.32 Å². The fourth-order valence-electron chi connectivity index (χ4n) is 1.65. The quantitative estimate of drug-likeness (QED) is 0.472. The Labute approximate surface area is 136 Å². The van der Waals surface area contributed by atoms with E-state index in [1.165, 1.54) is 18.3 Å². The topological polar surface area (TPSA) is 50.7 Å². The molecule has 0 unspecified atom stereocenters. The minimum atomic E-state index is -2.47. The predicted molar refractivity (Wildman–Crippen MR) is 86.9 cm³/mol. The number of nitrogens with zero attached hydrogens (tertiary/aromatic N) is 1. The van der Waals surface area contributed by atoms with Crippen molar-refractivity contribution in [1.82, 2.24) is 0 Å². The van der Waals surface area contributed by atoms with Crippen molar-refractivity contribution in [3.05, 3.63) is 60.2 Å². The zero-order valence-corrected chi connectivity index (χ0v) is 12.8. The lowest BCUT2D eigenvalue weighted by Crippen LogP contribution is -2.16. The van der Waals surface area contributed by atoms with Crippen LogP contribution in [0.3, 0.4) is 0 Å². The molecule has 0 aliphatic heterocycles. The summed E-state index contributed by atoms with van der Waals surface area (Å²) in [4.78, 5) is 17.0. The Morgan fingerprint density at radius 2 is 1.87 bits per heavy atom. The maximum atomic E-state index is 12.2. The van der Waals surface area contributed by atoms with Crippen molar-refractivity contribution in [2.24, 2.45) is 5.16 Å². The molecule has 23 heavy (non-hydrogen) atoms. The average Bonchev–Trinajstić information content (AvgIpc) is 2.54.